The molecule has 1 saturated heterocycles. The molecule has 166 valence electrons. The first kappa shape index (κ1) is 22.6. The number of rotatable bonds is 4. The lowest BCUT2D eigenvalue weighted by atomic mass is 10.2. The van der Waals surface area contributed by atoms with E-state index in [0.717, 1.165) is 25.7 Å². The average molecular weight is 438 g/mol. The molecule has 2 fully saturated rings. The lowest BCUT2D eigenvalue weighted by Gasteiger charge is -2.35. The summed E-state index contributed by atoms with van der Waals surface area (Å²) in [6.45, 7) is 6.93. The molecule has 9 heteroatoms. The zero-order valence-electron chi connectivity index (χ0n) is 17.9. The van der Waals surface area contributed by atoms with Gasteiger partial charge in [-0.05, 0) is 51.8 Å². The highest BCUT2D eigenvalue weighted by Crippen LogP contribution is 2.21. The fourth-order valence-electron chi connectivity index (χ4n) is 3.73. The van der Waals surface area contributed by atoms with Crippen LogP contribution in [-0.2, 0) is 14.8 Å². The molecule has 0 aromatic heterocycles. The SMILES string of the molecule is CC(C)(C)OC(=O)N1CCN(C(=O)c2cccc(S(=O)(=O)NC3CCCC3)c2)CC1. The van der Waals surface area contributed by atoms with Gasteiger partial charge in [-0.1, -0.05) is 18.9 Å². The summed E-state index contributed by atoms with van der Waals surface area (Å²) in [7, 11) is -3.66. The number of hydrogen-bond acceptors (Lipinski definition) is 5. The van der Waals surface area contributed by atoms with Crippen molar-refractivity contribution < 1.29 is 22.7 Å². The lowest BCUT2D eigenvalue weighted by molar-refractivity contribution is 0.0141. The zero-order valence-corrected chi connectivity index (χ0v) is 18.7. The van der Waals surface area contributed by atoms with Gasteiger partial charge >= 0.3 is 6.09 Å². The van der Waals surface area contributed by atoms with E-state index in [9.17, 15) is 18.0 Å². The first-order valence-electron chi connectivity index (χ1n) is 10.4. The van der Waals surface area contributed by atoms with Crippen LogP contribution in [0.1, 0.15) is 56.8 Å². The number of carbonyl (C=O) groups is 2. The second-order valence-corrected chi connectivity index (χ2v) is 10.6. The van der Waals surface area contributed by atoms with Crippen LogP contribution in [0.3, 0.4) is 0 Å². The Morgan fingerprint density at radius 2 is 1.63 bits per heavy atom. The molecule has 0 bridgehead atoms. The maximum atomic E-state index is 12.9. The first-order valence-corrected chi connectivity index (χ1v) is 11.9. The van der Waals surface area contributed by atoms with Gasteiger partial charge in [-0.15, -0.1) is 0 Å². The predicted molar refractivity (Wildman–Crippen MR) is 113 cm³/mol. The Hall–Kier alpha value is -2.13. The quantitative estimate of drug-likeness (QED) is 0.781. The average Bonchev–Trinajstić information content (AvgIpc) is 3.18. The minimum atomic E-state index is -3.66. The molecule has 1 aliphatic carbocycles. The number of ether oxygens (including phenoxy) is 1. The van der Waals surface area contributed by atoms with E-state index in [4.69, 9.17) is 4.74 Å². The molecule has 1 saturated carbocycles. The second-order valence-electron chi connectivity index (χ2n) is 8.89. The number of benzene rings is 1. The molecule has 0 spiro atoms. The highest BCUT2D eigenvalue weighted by molar-refractivity contribution is 7.89. The van der Waals surface area contributed by atoms with Crippen molar-refractivity contribution in [2.45, 2.75) is 63.0 Å². The molecule has 0 radical (unpaired) electrons. The van der Waals surface area contributed by atoms with Gasteiger partial charge in [0.2, 0.25) is 10.0 Å². The Morgan fingerprint density at radius 1 is 1.03 bits per heavy atom. The van der Waals surface area contributed by atoms with Crippen molar-refractivity contribution >= 4 is 22.0 Å². The molecule has 8 nitrogen and oxygen atoms in total. The van der Waals surface area contributed by atoms with Crippen LogP contribution in [0, 0.1) is 0 Å². The van der Waals surface area contributed by atoms with Gasteiger partial charge in [0.25, 0.3) is 5.91 Å². The van der Waals surface area contributed by atoms with Crippen LogP contribution in [0.4, 0.5) is 4.79 Å². The van der Waals surface area contributed by atoms with E-state index >= 15 is 0 Å². The number of hydrogen-bond donors (Lipinski definition) is 1. The minimum absolute atomic E-state index is 0.0321. The van der Waals surface area contributed by atoms with E-state index in [1.165, 1.54) is 12.1 Å². The number of piperazine rings is 1. The molecule has 0 atom stereocenters. The van der Waals surface area contributed by atoms with Gasteiger partial charge in [-0.3, -0.25) is 4.79 Å². The molecule has 3 rings (SSSR count). The fraction of sp³-hybridized carbons (Fsp3) is 0.619. The maximum Gasteiger partial charge on any atom is 0.410 e. The number of sulfonamides is 1. The Labute approximate surface area is 178 Å². The summed E-state index contributed by atoms with van der Waals surface area (Å²) in [5.74, 6) is -0.239. The normalized spacial score (nSPS) is 18.5. The van der Waals surface area contributed by atoms with Crippen molar-refractivity contribution in [3.63, 3.8) is 0 Å². The molecule has 1 heterocycles. The summed E-state index contributed by atoms with van der Waals surface area (Å²) in [5.41, 5.74) is -0.238. The molecule has 2 amide bonds. The van der Waals surface area contributed by atoms with E-state index in [-0.39, 0.29) is 22.9 Å². The van der Waals surface area contributed by atoms with Gasteiger partial charge in [0.05, 0.1) is 4.90 Å². The van der Waals surface area contributed by atoms with Gasteiger partial charge in [0, 0.05) is 37.8 Å². The molecule has 2 aliphatic rings. The van der Waals surface area contributed by atoms with Gasteiger partial charge in [-0.2, -0.15) is 0 Å². The van der Waals surface area contributed by atoms with Gasteiger partial charge in [0.1, 0.15) is 5.60 Å². The lowest BCUT2D eigenvalue weighted by Crippen LogP contribution is -2.51. The number of amides is 2. The van der Waals surface area contributed by atoms with Crippen molar-refractivity contribution in [2.24, 2.45) is 0 Å². The number of nitrogens with one attached hydrogen (secondary N) is 1. The third-order valence-electron chi connectivity index (χ3n) is 5.29. The van der Waals surface area contributed by atoms with Gasteiger partial charge in [-0.25, -0.2) is 17.9 Å². The molecule has 1 aliphatic heterocycles. The largest absolute Gasteiger partial charge is 0.444 e. The molecule has 0 unspecified atom stereocenters. The minimum Gasteiger partial charge on any atom is -0.444 e. The van der Waals surface area contributed by atoms with Crippen molar-refractivity contribution in [3.05, 3.63) is 29.8 Å². The van der Waals surface area contributed by atoms with E-state index < -0.39 is 15.6 Å². The summed E-state index contributed by atoms with van der Waals surface area (Å²) >= 11 is 0. The molecule has 1 aromatic rings. The smallest absolute Gasteiger partial charge is 0.410 e. The Kier molecular flexibility index (Phi) is 6.71. The Bertz CT molecular complexity index is 880. The first-order chi connectivity index (χ1) is 14.0. The van der Waals surface area contributed by atoms with Crippen LogP contribution in [0.2, 0.25) is 0 Å². The summed E-state index contributed by atoms with van der Waals surface area (Å²) in [4.78, 5) is 28.4. The Morgan fingerprint density at radius 3 is 2.23 bits per heavy atom. The van der Waals surface area contributed by atoms with Crippen LogP contribution >= 0.6 is 0 Å². The third-order valence-corrected chi connectivity index (χ3v) is 6.81. The topological polar surface area (TPSA) is 96.0 Å². The monoisotopic (exact) mass is 437 g/mol. The highest BCUT2D eigenvalue weighted by atomic mass is 32.2. The molecule has 1 aromatic carbocycles. The van der Waals surface area contributed by atoms with Crippen molar-refractivity contribution in [3.8, 4) is 0 Å². The van der Waals surface area contributed by atoms with Gasteiger partial charge < -0.3 is 14.5 Å². The molecule has 30 heavy (non-hydrogen) atoms. The summed E-state index contributed by atoms with van der Waals surface area (Å²) < 4.78 is 33.5. The van der Waals surface area contributed by atoms with E-state index in [1.807, 2.05) is 20.8 Å². The molecular formula is C21H31N3O5S. The maximum absolute atomic E-state index is 12.9. The fourth-order valence-corrected chi connectivity index (χ4v) is 5.08. The van der Waals surface area contributed by atoms with E-state index in [1.54, 1.807) is 21.9 Å². The summed E-state index contributed by atoms with van der Waals surface area (Å²) in [6, 6.07) is 6.12. The molecule has 1 N–H and O–H groups in total. The van der Waals surface area contributed by atoms with Crippen LogP contribution in [0.15, 0.2) is 29.2 Å². The van der Waals surface area contributed by atoms with Crippen LogP contribution < -0.4 is 4.72 Å². The van der Waals surface area contributed by atoms with Crippen molar-refractivity contribution in [1.29, 1.82) is 0 Å². The highest BCUT2D eigenvalue weighted by Gasteiger charge is 2.29. The second kappa shape index (κ2) is 8.93. The molecular weight excluding hydrogens is 406 g/mol. The number of nitrogens with zero attached hydrogens (tertiary/aromatic N) is 2. The van der Waals surface area contributed by atoms with Crippen molar-refractivity contribution in [1.82, 2.24) is 14.5 Å². The van der Waals surface area contributed by atoms with Crippen molar-refractivity contribution in [2.75, 3.05) is 26.2 Å². The Balaban J connectivity index is 1.62. The third kappa shape index (κ3) is 5.72. The van der Waals surface area contributed by atoms with E-state index in [0.29, 0.717) is 31.7 Å². The predicted octanol–water partition coefficient (Wildman–Crippen LogP) is 2.60. The van der Waals surface area contributed by atoms with E-state index in [2.05, 4.69) is 4.72 Å². The number of carbonyl (C=O) groups excluding carboxylic acids is 2. The van der Waals surface area contributed by atoms with Crippen LogP contribution in [-0.4, -0.2) is 68.0 Å². The summed E-state index contributed by atoms with van der Waals surface area (Å²) in [5, 5.41) is 0. The van der Waals surface area contributed by atoms with Crippen LogP contribution in [0.25, 0.3) is 0 Å². The van der Waals surface area contributed by atoms with Gasteiger partial charge in [0.15, 0.2) is 0 Å². The zero-order chi connectivity index (χ0) is 21.9. The standard InChI is InChI=1S/C21H31N3O5S/c1-21(2,3)29-20(26)24-13-11-23(12-14-24)19(25)16-7-6-10-18(15-16)30(27,28)22-17-8-4-5-9-17/h6-7,10,15,17,22H,4-5,8-9,11-14H2,1-3H3. The van der Waals surface area contributed by atoms with Crippen LogP contribution in [0.5, 0.6) is 0 Å². The summed E-state index contributed by atoms with van der Waals surface area (Å²) in [6.07, 6.45) is 3.36.